The Bertz CT molecular complexity index is 1020. The molecule has 0 aromatic heterocycles. The van der Waals surface area contributed by atoms with E-state index in [0.717, 1.165) is 0 Å². The molecule has 0 aliphatic carbocycles. The van der Waals surface area contributed by atoms with Crippen molar-refractivity contribution in [2.24, 2.45) is 0 Å². The number of aryl methyl sites for hydroxylation is 4. The van der Waals surface area contributed by atoms with E-state index in [1.807, 2.05) is 0 Å². The third kappa shape index (κ3) is 6.57. The van der Waals surface area contributed by atoms with Crippen molar-refractivity contribution >= 4 is 21.5 Å². The van der Waals surface area contributed by atoms with Gasteiger partial charge in [0, 0.05) is 0 Å². The molecular formula is C28H34Cl2Zr. The van der Waals surface area contributed by atoms with Gasteiger partial charge in [0.25, 0.3) is 0 Å². The van der Waals surface area contributed by atoms with Crippen LogP contribution in [0.15, 0.2) is 48.5 Å². The third-order valence-electron chi connectivity index (χ3n) is 5.81. The summed E-state index contributed by atoms with van der Waals surface area (Å²) in [5.41, 5.74) is 8.46. The molecule has 31 heavy (non-hydrogen) atoms. The second-order valence-corrected chi connectivity index (χ2v) is 8.97. The van der Waals surface area contributed by atoms with Crippen molar-refractivity contribution in [1.82, 2.24) is 0 Å². The molecule has 4 aromatic carbocycles. The van der Waals surface area contributed by atoms with Gasteiger partial charge in [-0.1, -0.05) is 78.6 Å². The van der Waals surface area contributed by atoms with Gasteiger partial charge in [-0.05, 0) is 11.8 Å². The summed E-state index contributed by atoms with van der Waals surface area (Å²) in [6, 6.07) is 18.2. The molecule has 0 spiro atoms. The Morgan fingerprint density at radius 2 is 0.903 bits per heavy atom. The molecule has 0 amide bonds. The molecule has 0 saturated heterocycles. The molecule has 4 aromatic rings. The molecule has 0 aliphatic rings. The molecule has 0 bridgehead atoms. The van der Waals surface area contributed by atoms with Crippen LogP contribution in [-0.4, -0.2) is 0 Å². The first-order chi connectivity index (χ1) is 13.2. The first-order valence-corrected chi connectivity index (χ1v) is 10.5. The average molecular weight is 533 g/mol. The van der Waals surface area contributed by atoms with Crippen LogP contribution in [0, 0.1) is 27.7 Å². The summed E-state index contributed by atoms with van der Waals surface area (Å²) in [6.07, 6.45) is 0. The van der Waals surface area contributed by atoms with Gasteiger partial charge in [-0.15, -0.1) is 68.1 Å². The van der Waals surface area contributed by atoms with Crippen molar-refractivity contribution in [3.63, 3.8) is 0 Å². The summed E-state index contributed by atoms with van der Waals surface area (Å²) in [6.45, 7) is 17.7. The van der Waals surface area contributed by atoms with Crippen LogP contribution in [-0.2, 0) is 26.2 Å². The average Bonchev–Trinajstić information content (AvgIpc) is 3.19. The van der Waals surface area contributed by atoms with Gasteiger partial charge in [0.05, 0.1) is 0 Å². The van der Waals surface area contributed by atoms with E-state index >= 15 is 0 Å². The molecule has 4 rings (SSSR count). The number of hydrogen-bond donors (Lipinski definition) is 0. The predicted octanol–water partition coefficient (Wildman–Crippen LogP) is 2.60. The van der Waals surface area contributed by atoms with E-state index in [9.17, 15) is 0 Å². The second-order valence-electron chi connectivity index (χ2n) is 8.97. The molecule has 0 atom stereocenters. The topological polar surface area (TPSA) is 0 Å². The zero-order valence-corrected chi connectivity index (χ0v) is 24.0. The van der Waals surface area contributed by atoms with Crippen LogP contribution in [0.5, 0.6) is 0 Å². The predicted molar refractivity (Wildman–Crippen MR) is 126 cm³/mol. The van der Waals surface area contributed by atoms with E-state index in [1.165, 1.54) is 54.9 Å². The minimum Gasteiger partial charge on any atom is -1.00 e. The summed E-state index contributed by atoms with van der Waals surface area (Å²) in [5, 5.41) is 5.73. The normalized spacial score (nSPS) is 10.4. The van der Waals surface area contributed by atoms with E-state index in [1.54, 1.807) is 0 Å². The Labute approximate surface area is 220 Å². The van der Waals surface area contributed by atoms with Crippen LogP contribution < -0.4 is 24.8 Å². The largest absolute Gasteiger partial charge is 4.00 e. The Kier molecular flexibility index (Phi) is 12.0. The van der Waals surface area contributed by atoms with E-state index in [0.29, 0.717) is 11.8 Å². The van der Waals surface area contributed by atoms with Crippen molar-refractivity contribution in [3.05, 3.63) is 81.9 Å². The summed E-state index contributed by atoms with van der Waals surface area (Å²) < 4.78 is 0. The van der Waals surface area contributed by atoms with Gasteiger partial charge in [0.2, 0.25) is 0 Å². The summed E-state index contributed by atoms with van der Waals surface area (Å²) >= 11 is 0. The maximum Gasteiger partial charge on any atom is 4.00 e. The fourth-order valence-corrected chi connectivity index (χ4v) is 4.23. The molecule has 0 radical (unpaired) electrons. The van der Waals surface area contributed by atoms with Gasteiger partial charge >= 0.3 is 26.2 Å². The van der Waals surface area contributed by atoms with Gasteiger partial charge in [-0.25, -0.2) is 0 Å². The Morgan fingerprint density at radius 3 is 1.19 bits per heavy atom. The van der Waals surface area contributed by atoms with E-state index in [4.69, 9.17) is 0 Å². The molecule has 0 unspecified atom stereocenters. The zero-order valence-electron chi connectivity index (χ0n) is 20.0. The second kappa shape index (κ2) is 12.4. The van der Waals surface area contributed by atoms with Crippen molar-refractivity contribution in [3.8, 4) is 0 Å². The molecule has 0 saturated carbocycles. The number of hydrogen-bond acceptors (Lipinski definition) is 0. The summed E-state index contributed by atoms with van der Waals surface area (Å²) in [4.78, 5) is 0. The molecular weight excluding hydrogens is 498 g/mol. The minimum absolute atomic E-state index is 0. The number of halogens is 2. The van der Waals surface area contributed by atoms with E-state index < -0.39 is 0 Å². The maximum absolute atomic E-state index is 2.30. The van der Waals surface area contributed by atoms with Crippen LogP contribution in [0.4, 0.5) is 0 Å². The Morgan fingerprint density at radius 1 is 0.581 bits per heavy atom. The van der Waals surface area contributed by atoms with Crippen molar-refractivity contribution in [2.45, 2.75) is 67.2 Å². The third-order valence-corrected chi connectivity index (χ3v) is 5.81. The van der Waals surface area contributed by atoms with Gasteiger partial charge in [0.15, 0.2) is 0 Å². The Balaban J connectivity index is 0.000000529. The monoisotopic (exact) mass is 530 g/mol. The molecule has 164 valence electrons. The van der Waals surface area contributed by atoms with Crippen LogP contribution >= 0.6 is 0 Å². The molecule has 0 nitrogen and oxygen atoms in total. The number of fused-ring (bicyclic) bond motifs is 2. The zero-order chi connectivity index (χ0) is 20.6. The van der Waals surface area contributed by atoms with Gasteiger partial charge in [-0.2, -0.15) is 12.1 Å². The first-order valence-electron chi connectivity index (χ1n) is 10.5. The summed E-state index contributed by atoms with van der Waals surface area (Å²) in [5.74, 6) is 1.22. The SMILES string of the molecule is Cc1cc2c(C(C)C)ccc(C)c2[cH-]1.Cc1cc2c(C(C)C)ccc(C)c2[cH-]1.[Cl-].[Cl-].[Zr+4]. The van der Waals surface area contributed by atoms with Crippen molar-refractivity contribution in [1.29, 1.82) is 0 Å². The molecule has 0 fully saturated rings. The van der Waals surface area contributed by atoms with Crippen LogP contribution in [0.3, 0.4) is 0 Å². The number of rotatable bonds is 2. The van der Waals surface area contributed by atoms with Crippen LogP contribution in [0.25, 0.3) is 21.5 Å². The fraction of sp³-hybridized carbons (Fsp3) is 0.357. The fourth-order valence-electron chi connectivity index (χ4n) is 4.23. The van der Waals surface area contributed by atoms with Gasteiger partial charge in [0.1, 0.15) is 0 Å². The van der Waals surface area contributed by atoms with Crippen LogP contribution in [0.2, 0.25) is 0 Å². The molecule has 3 heteroatoms. The standard InChI is InChI=1S/2C14H17.2ClH.Zr/c2*1-9(2)12-6-5-11(4)13-7-10(3)8-14(12)13;;;/h2*5-9H,1-4H3;2*1H;/q2*-1;;;+4/p-2. The molecule has 0 heterocycles. The van der Waals surface area contributed by atoms with E-state index in [2.05, 4.69) is 104 Å². The quantitative estimate of drug-likeness (QED) is 0.349. The maximum atomic E-state index is 2.30. The number of benzene rings is 2. The molecule has 0 aliphatic heterocycles. The van der Waals surface area contributed by atoms with Gasteiger partial charge < -0.3 is 24.8 Å². The molecule has 0 N–H and O–H groups in total. The first kappa shape index (κ1) is 30.1. The van der Waals surface area contributed by atoms with E-state index in [-0.39, 0.29) is 51.0 Å². The van der Waals surface area contributed by atoms with Crippen LogP contribution in [0.1, 0.15) is 72.9 Å². The van der Waals surface area contributed by atoms with Crippen molar-refractivity contribution < 1.29 is 51.0 Å². The van der Waals surface area contributed by atoms with Gasteiger partial charge in [-0.3, -0.25) is 0 Å². The minimum atomic E-state index is 0. The summed E-state index contributed by atoms with van der Waals surface area (Å²) in [7, 11) is 0. The smallest absolute Gasteiger partial charge is 1.00 e. The van der Waals surface area contributed by atoms with Crippen molar-refractivity contribution in [2.75, 3.05) is 0 Å². The Hall–Kier alpha value is -0.877.